The summed E-state index contributed by atoms with van der Waals surface area (Å²) in [4.78, 5) is 11.1. The summed E-state index contributed by atoms with van der Waals surface area (Å²) in [5.41, 5.74) is -2.60. The second-order valence-corrected chi connectivity index (χ2v) is 4.07. The first-order valence-corrected chi connectivity index (χ1v) is 5.40. The molecule has 2 rings (SSSR count). The van der Waals surface area contributed by atoms with Gasteiger partial charge in [0.2, 0.25) is 5.75 Å². The fourth-order valence-electron chi connectivity index (χ4n) is 1.82. The highest BCUT2D eigenvalue weighted by atomic mass is 19.2. The van der Waals surface area contributed by atoms with Crippen LogP contribution in [0.5, 0.6) is 17.2 Å². The molecule has 0 aromatic heterocycles. The van der Waals surface area contributed by atoms with E-state index in [0.29, 0.717) is 12.1 Å². The number of rotatable bonds is 2. The Morgan fingerprint density at radius 2 is 1.57 bits per heavy atom. The molecular formula is C13H7F3O5. The maximum absolute atomic E-state index is 13.7. The van der Waals surface area contributed by atoms with Crippen LogP contribution in [0.3, 0.4) is 0 Å². The summed E-state index contributed by atoms with van der Waals surface area (Å²) in [6, 6.07) is 1.21. The van der Waals surface area contributed by atoms with Gasteiger partial charge in [0.05, 0.1) is 5.56 Å². The van der Waals surface area contributed by atoms with E-state index in [2.05, 4.69) is 0 Å². The highest BCUT2D eigenvalue weighted by molar-refractivity contribution is 5.99. The zero-order valence-corrected chi connectivity index (χ0v) is 10.1. The fraction of sp³-hybridized carbons (Fsp3) is 0. The lowest BCUT2D eigenvalue weighted by molar-refractivity contribution is 0.0696. The van der Waals surface area contributed by atoms with Crippen molar-refractivity contribution in [1.29, 1.82) is 0 Å². The number of benzene rings is 2. The van der Waals surface area contributed by atoms with Gasteiger partial charge < -0.3 is 20.4 Å². The number of aromatic carboxylic acids is 1. The number of halogens is 3. The van der Waals surface area contributed by atoms with Gasteiger partial charge in [-0.25, -0.2) is 18.0 Å². The summed E-state index contributed by atoms with van der Waals surface area (Å²) < 4.78 is 40.1. The van der Waals surface area contributed by atoms with Crippen molar-refractivity contribution in [1.82, 2.24) is 0 Å². The summed E-state index contributed by atoms with van der Waals surface area (Å²) in [5, 5.41) is 37.3. The molecule has 0 heterocycles. The molecule has 0 aliphatic rings. The minimum absolute atomic E-state index is 0.233. The van der Waals surface area contributed by atoms with Gasteiger partial charge in [0.15, 0.2) is 23.1 Å². The average molecular weight is 300 g/mol. The molecule has 2 aromatic carbocycles. The first kappa shape index (κ1) is 14.5. The van der Waals surface area contributed by atoms with E-state index in [9.17, 15) is 33.3 Å². The van der Waals surface area contributed by atoms with E-state index in [-0.39, 0.29) is 6.07 Å². The van der Waals surface area contributed by atoms with Crippen LogP contribution in [0.25, 0.3) is 11.1 Å². The van der Waals surface area contributed by atoms with Crippen molar-refractivity contribution < 1.29 is 38.4 Å². The minimum Gasteiger partial charge on any atom is -0.504 e. The van der Waals surface area contributed by atoms with Gasteiger partial charge in [0.1, 0.15) is 5.82 Å². The largest absolute Gasteiger partial charge is 0.504 e. The lowest BCUT2D eigenvalue weighted by atomic mass is 9.96. The first-order chi connectivity index (χ1) is 9.73. The van der Waals surface area contributed by atoms with Crippen LogP contribution in [0.2, 0.25) is 0 Å². The van der Waals surface area contributed by atoms with E-state index >= 15 is 0 Å². The summed E-state index contributed by atoms with van der Waals surface area (Å²) >= 11 is 0. The Labute approximate surface area is 115 Å². The van der Waals surface area contributed by atoms with Gasteiger partial charge in [-0.3, -0.25) is 0 Å². The highest BCUT2D eigenvalue weighted by Gasteiger charge is 2.26. The van der Waals surface area contributed by atoms with Crippen molar-refractivity contribution >= 4 is 5.97 Å². The highest BCUT2D eigenvalue weighted by Crippen LogP contribution is 2.45. The van der Waals surface area contributed by atoms with Crippen LogP contribution in [-0.4, -0.2) is 26.4 Å². The Kier molecular flexibility index (Phi) is 3.38. The Morgan fingerprint density at radius 1 is 0.952 bits per heavy atom. The van der Waals surface area contributed by atoms with Crippen LogP contribution in [0, 0.1) is 17.5 Å². The van der Waals surface area contributed by atoms with Crippen molar-refractivity contribution in [2.75, 3.05) is 0 Å². The van der Waals surface area contributed by atoms with Crippen molar-refractivity contribution in [3.8, 4) is 28.4 Å². The number of aromatic hydroxyl groups is 3. The molecule has 0 saturated carbocycles. The molecule has 0 spiro atoms. The van der Waals surface area contributed by atoms with Gasteiger partial charge in [-0.1, -0.05) is 0 Å². The standard InChI is InChI=1S/C13H7F3O5/c14-4-1-5(10(16)7(15)2-4)9-6(13(20)21)3-8(17)11(18)12(9)19/h1-3,17-19H,(H,20,21). The second-order valence-electron chi connectivity index (χ2n) is 4.07. The molecule has 110 valence electrons. The minimum atomic E-state index is -1.71. The molecular weight excluding hydrogens is 293 g/mol. The van der Waals surface area contributed by atoms with Crippen molar-refractivity contribution in [2.24, 2.45) is 0 Å². The van der Waals surface area contributed by atoms with Crippen LogP contribution in [0.15, 0.2) is 18.2 Å². The monoisotopic (exact) mass is 300 g/mol. The summed E-state index contributed by atoms with van der Waals surface area (Å²) in [7, 11) is 0. The number of carboxylic acid groups (broad SMARTS) is 1. The van der Waals surface area contributed by atoms with Gasteiger partial charge in [-0.2, -0.15) is 0 Å². The van der Waals surface area contributed by atoms with Crippen molar-refractivity contribution in [3.63, 3.8) is 0 Å². The molecule has 0 bridgehead atoms. The van der Waals surface area contributed by atoms with Crippen LogP contribution < -0.4 is 0 Å². The smallest absolute Gasteiger partial charge is 0.336 e. The number of phenolic OH excluding ortho intramolecular Hbond substituents is 3. The van der Waals surface area contributed by atoms with Gasteiger partial charge in [-0.15, -0.1) is 0 Å². The third-order valence-corrected chi connectivity index (χ3v) is 2.75. The van der Waals surface area contributed by atoms with Crippen LogP contribution in [0.1, 0.15) is 10.4 Å². The number of carbonyl (C=O) groups is 1. The number of carboxylic acids is 1. The predicted octanol–water partition coefficient (Wildman–Crippen LogP) is 2.59. The van der Waals surface area contributed by atoms with Crippen LogP contribution in [0.4, 0.5) is 13.2 Å². The van der Waals surface area contributed by atoms with Crippen LogP contribution >= 0.6 is 0 Å². The Balaban J connectivity index is 2.93. The molecule has 21 heavy (non-hydrogen) atoms. The summed E-state index contributed by atoms with van der Waals surface area (Å²) in [5.74, 6) is -9.47. The maximum atomic E-state index is 13.7. The van der Waals surface area contributed by atoms with E-state index in [4.69, 9.17) is 5.11 Å². The molecule has 0 aliphatic carbocycles. The van der Waals surface area contributed by atoms with Gasteiger partial charge in [-0.05, 0) is 12.1 Å². The topological polar surface area (TPSA) is 98.0 Å². The van der Waals surface area contributed by atoms with Gasteiger partial charge in [0.25, 0.3) is 0 Å². The molecule has 0 aliphatic heterocycles. The molecule has 0 unspecified atom stereocenters. The zero-order chi connectivity index (χ0) is 15.9. The number of hydrogen-bond donors (Lipinski definition) is 4. The zero-order valence-electron chi connectivity index (χ0n) is 10.1. The van der Waals surface area contributed by atoms with E-state index in [1.807, 2.05) is 0 Å². The molecule has 5 nitrogen and oxygen atoms in total. The molecule has 2 aromatic rings. The summed E-state index contributed by atoms with van der Waals surface area (Å²) in [6.45, 7) is 0. The molecule has 4 N–H and O–H groups in total. The van der Waals surface area contributed by atoms with Gasteiger partial charge in [0, 0.05) is 17.2 Å². The Hall–Kier alpha value is -2.90. The first-order valence-electron chi connectivity index (χ1n) is 5.40. The third-order valence-electron chi connectivity index (χ3n) is 2.75. The van der Waals surface area contributed by atoms with Gasteiger partial charge >= 0.3 is 5.97 Å². The summed E-state index contributed by atoms with van der Waals surface area (Å²) in [6.07, 6.45) is 0. The van der Waals surface area contributed by atoms with E-state index in [1.165, 1.54) is 0 Å². The lowest BCUT2D eigenvalue weighted by Crippen LogP contribution is -2.02. The maximum Gasteiger partial charge on any atom is 0.336 e. The molecule has 0 atom stereocenters. The SMILES string of the molecule is O=C(O)c1cc(O)c(O)c(O)c1-c1cc(F)cc(F)c1F. The Morgan fingerprint density at radius 3 is 2.14 bits per heavy atom. The lowest BCUT2D eigenvalue weighted by Gasteiger charge is -2.13. The number of hydrogen-bond acceptors (Lipinski definition) is 4. The number of phenols is 3. The molecule has 0 saturated heterocycles. The molecule has 0 radical (unpaired) electrons. The molecule has 0 fully saturated rings. The van der Waals surface area contributed by atoms with E-state index in [1.54, 1.807) is 0 Å². The van der Waals surface area contributed by atoms with Crippen molar-refractivity contribution in [2.45, 2.75) is 0 Å². The third kappa shape index (κ3) is 2.31. The second kappa shape index (κ2) is 4.89. The Bertz CT molecular complexity index is 758. The van der Waals surface area contributed by atoms with Crippen molar-refractivity contribution in [3.05, 3.63) is 41.2 Å². The fourth-order valence-corrected chi connectivity index (χ4v) is 1.82. The average Bonchev–Trinajstić information content (AvgIpc) is 2.40. The molecule has 8 heteroatoms. The quantitative estimate of drug-likeness (QED) is 0.505. The normalized spacial score (nSPS) is 10.6. The van der Waals surface area contributed by atoms with E-state index in [0.717, 1.165) is 0 Å². The van der Waals surface area contributed by atoms with E-state index < -0.39 is 57.4 Å². The predicted molar refractivity (Wildman–Crippen MR) is 63.7 cm³/mol. The molecule has 0 amide bonds. The van der Waals surface area contributed by atoms with Crippen LogP contribution in [-0.2, 0) is 0 Å².